The van der Waals surface area contributed by atoms with Crippen LogP contribution in [0.1, 0.15) is 40.7 Å². The predicted molar refractivity (Wildman–Crippen MR) is 117 cm³/mol. The first-order chi connectivity index (χ1) is 14.2. The molecule has 0 aliphatic carbocycles. The third kappa shape index (κ3) is 6.14. The fourth-order valence-corrected chi connectivity index (χ4v) is 3.19. The van der Waals surface area contributed by atoms with Crippen LogP contribution in [0.25, 0.3) is 0 Å². The summed E-state index contributed by atoms with van der Waals surface area (Å²) in [7, 11) is 0. The number of aromatic nitrogens is 2. The Labute approximate surface area is 172 Å². The van der Waals surface area contributed by atoms with Gasteiger partial charge in [-0.15, -0.1) is 0 Å². The van der Waals surface area contributed by atoms with E-state index in [1.807, 2.05) is 50.2 Å². The number of nitrogens with zero attached hydrogens (tertiary/aromatic N) is 3. The maximum atomic E-state index is 13.0. The molecule has 5 nitrogen and oxygen atoms in total. The highest BCUT2D eigenvalue weighted by Gasteiger charge is 2.17. The minimum Gasteiger partial charge on any atom is -0.354 e. The van der Waals surface area contributed by atoms with Gasteiger partial charge in [0.2, 0.25) is 5.95 Å². The van der Waals surface area contributed by atoms with Gasteiger partial charge in [0.25, 0.3) is 5.91 Å². The topological polar surface area (TPSA) is 58.1 Å². The molecule has 0 spiro atoms. The first-order valence-corrected chi connectivity index (χ1v) is 10.1. The van der Waals surface area contributed by atoms with Crippen molar-refractivity contribution in [3.05, 3.63) is 89.2 Å². The molecule has 0 aliphatic heterocycles. The van der Waals surface area contributed by atoms with Gasteiger partial charge in [0.15, 0.2) is 0 Å². The van der Waals surface area contributed by atoms with Crippen molar-refractivity contribution in [3.8, 4) is 0 Å². The SMILES string of the molecule is CCN(Cc1ccccc1)C(=O)c1cc(C)nc(NCCCc2ccccc2)n1. The van der Waals surface area contributed by atoms with Crippen LogP contribution in [-0.4, -0.2) is 33.9 Å². The van der Waals surface area contributed by atoms with Crippen LogP contribution >= 0.6 is 0 Å². The summed E-state index contributed by atoms with van der Waals surface area (Å²) in [6.07, 6.45) is 1.96. The summed E-state index contributed by atoms with van der Waals surface area (Å²) in [5.74, 6) is 0.436. The van der Waals surface area contributed by atoms with Crippen LogP contribution in [0.2, 0.25) is 0 Å². The molecule has 1 N–H and O–H groups in total. The predicted octanol–water partition coefficient (Wildman–Crippen LogP) is 4.49. The first kappa shape index (κ1) is 20.5. The molecule has 0 saturated heterocycles. The zero-order chi connectivity index (χ0) is 20.5. The number of amides is 1. The molecular formula is C24H28N4O. The summed E-state index contributed by atoms with van der Waals surface area (Å²) in [5, 5.41) is 3.26. The maximum Gasteiger partial charge on any atom is 0.272 e. The van der Waals surface area contributed by atoms with E-state index in [1.54, 1.807) is 11.0 Å². The summed E-state index contributed by atoms with van der Waals surface area (Å²) < 4.78 is 0. The van der Waals surface area contributed by atoms with Crippen molar-refractivity contribution in [2.24, 2.45) is 0 Å². The molecule has 0 aliphatic rings. The quantitative estimate of drug-likeness (QED) is 0.549. The first-order valence-electron chi connectivity index (χ1n) is 10.1. The molecule has 3 rings (SSSR count). The van der Waals surface area contributed by atoms with Crippen LogP contribution in [0.5, 0.6) is 0 Å². The van der Waals surface area contributed by atoms with Crippen molar-refractivity contribution >= 4 is 11.9 Å². The summed E-state index contributed by atoms with van der Waals surface area (Å²) >= 11 is 0. The summed E-state index contributed by atoms with van der Waals surface area (Å²) in [5.41, 5.74) is 3.63. The van der Waals surface area contributed by atoms with Crippen molar-refractivity contribution in [3.63, 3.8) is 0 Å². The monoisotopic (exact) mass is 388 g/mol. The van der Waals surface area contributed by atoms with Crippen LogP contribution < -0.4 is 5.32 Å². The zero-order valence-corrected chi connectivity index (χ0v) is 17.1. The third-order valence-electron chi connectivity index (χ3n) is 4.73. The Balaban J connectivity index is 1.61. The maximum absolute atomic E-state index is 13.0. The number of carbonyl (C=O) groups excluding carboxylic acids is 1. The molecule has 29 heavy (non-hydrogen) atoms. The molecule has 1 heterocycles. The minimum absolute atomic E-state index is 0.0748. The minimum atomic E-state index is -0.0748. The average molecular weight is 389 g/mol. The lowest BCUT2D eigenvalue weighted by Gasteiger charge is -2.21. The van der Waals surface area contributed by atoms with E-state index in [1.165, 1.54) is 5.56 Å². The second-order valence-corrected chi connectivity index (χ2v) is 7.04. The van der Waals surface area contributed by atoms with Crippen LogP contribution in [-0.2, 0) is 13.0 Å². The van der Waals surface area contributed by atoms with Gasteiger partial charge in [-0.05, 0) is 43.9 Å². The lowest BCUT2D eigenvalue weighted by atomic mass is 10.1. The Morgan fingerprint density at radius 1 is 0.966 bits per heavy atom. The number of anilines is 1. The fourth-order valence-electron chi connectivity index (χ4n) is 3.19. The molecule has 150 valence electrons. The molecule has 1 aromatic heterocycles. The Morgan fingerprint density at radius 2 is 1.62 bits per heavy atom. The molecule has 0 atom stereocenters. The Hall–Kier alpha value is -3.21. The van der Waals surface area contributed by atoms with Gasteiger partial charge in [0, 0.05) is 25.3 Å². The average Bonchev–Trinajstić information content (AvgIpc) is 2.75. The van der Waals surface area contributed by atoms with E-state index in [0.717, 1.165) is 30.6 Å². The number of rotatable bonds is 9. The van der Waals surface area contributed by atoms with Gasteiger partial charge < -0.3 is 10.2 Å². The summed E-state index contributed by atoms with van der Waals surface area (Å²) in [4.78, 5) is 23.7. The van der Waals surface area contributed by atoms with Crippen LogP contribution in [0, 0.1) is 6.92 Å². The summed E-state index contributed by atoms with van der Waals surface area (Å²) in [6, 6.07) is 22.2. The van der Waals surface area contributed by atoms with Gasteiger partial charge >= 0.3 is 0 Å². The molecule has 0 bridgehead atoms. The van der Waals surface area contributed by atoms with Crippen molar-refractivity contribution < 1.29 is 4.79 Å². The lowest BCUT2D eigenvalue weighted by Crippen LogP contribution is -2.31. The molecule has 2 aromatic carbocycles. The van der Waals surface area contributed by atoms with E-state index < -0.39 is 0 Å². The van der Waals surface area contributed by atoms with Gasteiger partial charge in [-0.25, -0.2) is 9.97 Å². The van der Waals surface area contributed by atoms with Crippen molar-refractivity contribution in [1.82, 2.24) is 14.9 Å². The van der Waals surface area contributed by atoms with Crippen LogP contribution in [0.15, 0.2) is 66.7 Å². The van der Waals surface area contributed by atoms with Gasteiger partial charge in [-0.2, -0.15) is 0 Å². The molecule has 0 radical (unpaired) electrons. The number of hydrogen-bond donors (Lipinski definition) is 1. The van der Waals surface area contributed by atoms with E-state index in [9.17, 15) is 4.79 Å². The van der Waals surface area contributed by atoms with E-state index in [2.05, 4.69) is 39.6 Å². The van der Waals surface area contributed by atoms with E-state index >= 15 is 0 Å². The third-order valence-corrected chi connectivity index (χ3v) is 4.73. The van der Waals surface area contributed by atoms with E-state index in [-0.39, 0.29) is 5.91 Å². The molecule has 0 unspecified atom stereocenters. The van der Waals surface area contributed by atoms with Crippen molar-refractivity contribution in [2.75, 3.05) is 18.4 Å². The highest BCUT2D eigenvalue weighted by Crippen LogP contribution is 2.12. The summed E-state index contributed by atoms with van der Waals surface area (Å²) in [6.45, 7) is 5.82. The number of nitrogens with one attached hydrogen (secondary N) is 1. The Morgan fingerprint density at radius 3 is 2.28 bits per heavy atom. The van der Waals surface area contributed by atoms with Gasteiger partial charge in [-0.1, -0.05) is 60.7 Å². The van der Waals surface area contributed by atoms with Crippen LogP contribution in [0.4, 0.5) is 5.95 Å². The number of hydrogen-bond acceptors (Lipinski definition) is 4. The standard InChI is InChI=1S/C24H28N4O/c1-3-28(18-21-13-8-5-9-14-21)23(29)22-17-19(2)26-24(27-22)25-16-10-15-20-11-6-4-7-12-20/h4-9,11-14,17H,3,10,15-16,18H2,1-2H3,(H,25,26,27). The molecule has 0 fully saturated rings. The second-order valence-electron chi connectivity index (χ2n) is 7.04. The molecular weight excluding hydrogens is 360 g/mol. The Kier molecular flexibility index (Phi) is 7.34. The largest absolute Gasteiger partial charge is 0.354 e. The van der Waals surface area contributed by atoms with E-state index in [4.69, 9.17) is 0 Å². The molecule has 3 aromatic rings. The molecule has 1 amide bonds. The highest BCUT2D eigenvalue weighted by molar-refractivity contribution is 5.92. The molecule has 0 saturated carbocycles. The van der Waals surface area contributed by atoms with Gasteiger partial charge in [0.05, 0.1) is 0 Å². The molecule has 5 heteroatoms. The van der Waals surface area contributed by atoms with Gasteiger partial charge in [-0.3, -0.25) is 4.79 Å². The number of aryl methyl sites for hydroxylation is 2. The Bertz CT molecular complexity index is 913. The normalized spacial score (nSPS) is 10.6. The lowest BCUT2D eigenvalue weighted by molar-refractivity contribution is 0.0746. The number of benzene rings is 2. The van der Waals surface area contributed by atoms with Crippen molar-refractivity contribution in [1.29, 1.82) is 0 Å². The highest BCUT2D eigenvalue weighted by atomic mass is 16.2. The smallest absolute Gasteiger partial charge is 0.272 e. The van der Waals surface area contributed by atoms with E-state index in [0.29, 0.717) is 24.7 Å². The van der Waals surface area contributed by atoms with Crippen molar-refractivity contribution in [2.45, 2.75) is 33.2 Å². The second kappa shape index (κ2) is 10.4. The van der Waals surface area contributed by atoms with Crippen LogP contribution in [0.3, 0.4) is 0 Å². The zero-order valence-electron chi connectivity index (χ0n) is 17.1. The van der Waals surface area contributed by atoms with Gasteiger partial charge in [0.1, 0.15) is 5.69 Å². The number of carbonyl (C=O) groups is 1. The fraction of sp³-hybridized carbons (Fsp3) is 0.292.